The molecule has 0 aliphatic heterocycles. The number of nitro groups is 1. The van der Waals surface area contributed by atoms with Gasteiger partial charge in [-0.15, -0.1) is 0 Å². The number of hydrogen-bond acceptors (Lipinski definition) is 8. The van der Waals surface area contributed by atoms with Crippen LogP contribution in [0.1, 0.15) is 27.4 Å². The Morgan fingerprint density at radius 3 is 2.38 bits per heavy atom. The summed E-state index contributed by atoms with van der Waals surface area (Å²) in [5.74, 6) is -0.0105. The monoisotopic (exact) mass is 336 g/mol. The van der Waals surface area contributed by atoms with Gasteiger partial charge in [0, 0.05) is 6.07 Å². The Morgan fingerprint density at radius 2 is 1.88 bits per heavy atom. The van der Waals surface area contributed by atoms with Gasteiger partial charge in [0.15, 0.2) is 11.5 Å². The van der Waals surface area contributed by atoms with E-state index in [1.54, 1.807) is 13.8 Å². The second-order valence-electron chi connectivity index (χ2n) is 4.86. The zero-order chi connectivity index (χ0) is 17.9. The minimum absolute atomic E-state index is 0.106. The molecule has 0 atom stereocenters. The maximum Gasteiger partial charge on any atom is 0.345 e. The number of carbonyl (C=O) groups is 1. The van der Waals surface area contributed by atoms with Crippen LogP contribution in [0.25, 0.3) is 0 Å². The van der Waals surface area contributed by atoms with Gasteiger partial charge >= 0.3 is 5.97 Å². The number of nitro benzene ring substituents is 1. The lowest BCUT2D eigenvalue weighted by atomic mass is 10.1. The topological polar surface area (TPSA) is 114 Å². The Labute approximate surface area is 137 Å². The van der Waals surface area contributed by atoms with Crippen LogP contribution < -0.4 is 9.47 Å². The van der Waals surface area contributed by atoms with Gasteiger partial charge in [0.05, 0.1) is 36.5 Å². The number of rotatable bonds is 6. The van der Waals surface area contributed by atoms with Crippen molar-refractivity contribution in [3.05, 3.63) is 44.8 Å². The molecule has 2 rings (SSSR count). The molecule has 0 N–H and O–H groups in total. The van der Waals surface area contributed by atoms with Crippen LogP contribution in [0.4, 0.5) is 5.69 Å². The van der Waals surface area contributed by atoms with Crippen molar-refractivity contribution in [1.82, 2.24) is 5.16 Å². The zero-order valence-electron chi connectivity index (χ0n) is 13.6. The van der Waals surface area contributed by atoms with E-state index in [0.717, 1.165) is 6.07 Å². The van der Waals surface area contributed by atoms with Crippen molar-refractivity contribution in [3.63, 3.8) is 0 Å². The van der Waals surface area contributed by atoms with Crippen molar-refractivity contribution in [2.75, 3.05) is 14.2 Å². The smallest absolute Gasteiger partial charge is 0.345 e. The summed E-state index contributed by atoms with van der Waals surface area (Å²) in [4.78, 5) is 22.8. The van der Waals surface area contributed by atoms with Crippen LogP contribution >= 0.6 is 0 Å². The molecule has 128 valence electrons. The number of aryl methyl sites for hydroxylation is 2. The van der Waals surface area contributed by atoms with Gasteiger partial charge in [-0.05, 0) is 13.8 Å². The summed E-state index contributed by atoms with van der Waals surface area (Å²) in [6, 6.07) is 2.33. The molecule has 2 aromatic rings. The third kappa shape index (κ3) is 3.29. The molecule has 1 aromatic heterocycles. The van der Waals surface area contributed by atoms with Crippen molar-refractivity contribution in [1.29, 1.82) is 0 Å². The Balaban J connectivity index is 2.32. The van der Waals surface area contributed by atoms with Crippen molar-refractivity contribution in [2.24, 2.45) is 0 Å². The third-order valence-electron chi connectivity index (χ3n) is 3.45. The van der Waals surface area contributed by atoms with Crippen LogP contribution in [0.15, 0.2) is 16.7 Å². The molecule has 0 fully saturated rings. The number of benzene rings is 1. The first kappa shape index (κ1) is 17.3. The lowest BCUT2D eigenvalue weighted by molar-refractivity contribution is -0.385. The predicted molar refractivity (Wildman–Crippen MR) is 81.3 cm³/mol. The highest BCUT2D eigenvalue weighted by molar-refractivity contribution is 5.95. The number of carbonyl (C=O) groups excluding carboxylic acids is 1. The highest BCUT2D eigenvalue weighted by atomic mass is 16.6. The van der Waals surface area contributed by atoms with Gasteiger partial charge in [0.2, 0.25) is 0 Å². The minimum Gasteiger partial charge on any atom is -0.493 e. The minimum atomic E-state index is -0.859. The molecule has 0 bridgehead atoms. The van der Waals surface area contributed by atoms with E-state index < -0.39 is 16.6 Å². The molecule has 0 aliphatic carbocycles. The molecule has 0 unspecified atom stereocenters. The van der Waals surface area contributed by atoms with Crippen molar-refractivity contribution in [2.45, 2.75) is 20.5 Å². The molecular weight excluding hydrogens is 320 g/mol. The van der Waals surface area contributed by atoms with E-state index in [0.29, 0.717) is 17.0 Å². The lowest BCUT2D eigenvalue weighted by Crippen LogP contribution is -2.10. The molecular formula is C15H16N2O7. The Hall–Kier alpha value is -3.10. The molecule has 0 amide bonds. The molecule has 24 heavy (non-hydrogen) atoms. The molecule has 1 heterocycles. The molecule has 0 saturated carbocycles. The second-order valence-corrected chi connectivity index (χ2v) is 4.86. The van der Waals surface area contributed by atoms with Crippen LogP contribution in [0.2, 0.25) is 0 Å². The number of hydrogen-bond donors (Lipinski definition) is 0. The number of methoxy groups -OCH3 is 2. The van der Waals surface area contributed by atoms with E-state index in [1.807, 2.05) is 0 Å². The normalized spacial score (nSPS) is 10.3. The van der Waals surface area contributed by atoms with Gasteiger partial charge in [0.1, 0.15) is 17.9 Å². The second kappa shape index (κ2) is 6.99. The number of ether oxygens (including phenoxy) is 3. The first-order valence-corrected chi connectivity index (χ1v) is 6.88. The van der Waals surface area contributed by atoms with E-state index in [4.69, 9.17) is 18.7 Å². The summed E-state index contributed by atoms with van der Waals surface area (Å²) < 4.78 is 20.2. The summed E-state index contributed by atoms with van der Waals surface area (Å²) in [5, 5.41) is 15.0. The molecule has 1 aromatic carbocycles. The number of nitrogens with zero attached hydrogens (tertiary/aromatic N) is 2. The fourth-order valence-corrected chi connectivity index (χ4v) is 2.11. The SMILES string of the molecule is COc1cc(C(=O)OCc2c(C)noc2C)c([N+](=O)[O-])cc1OC. The fraction of sp³-hybridized carbons (Fsp3) is 0.333. The van der Waals surface area contributed by atoms with E-state index in [1.165, 1.54) is 20.3 Å². The Morgan fingerprint density at radius 1 is 1.25 bits per heavy atom. The summed E-state index contributed by atoms with van der Waals surface area (Å²) in [6.07, 6.45) is 0. The molecule has 0 saturated heterocycles. The highest BCUT2D eigenvalue weighted by Crippen LogP contribution is 2.35. The standard InChI is InChI=1S/C15H16N2O7/c1-8-11(9(2)24-16-8)7-23-15(18)10-5-13(21-3)14(22-4)6-12(10)17(19)20/h5-6H,7H2,1-4H3. The summed E-state index contributed by atoms with van der Waals surface area (Å²) >= 11 is 0. The molecule has 9 nitrogen and oxygen atoms in total. The molecule has 0 aliphatic rings. The fourth-order valence-electron chi connectivity index (χ4n) is 2.11. The largest absolute Gasteiger partial charge is 0.493 e. The van der Waals surface area contributed by atoms with Gasteiger partial charge in [0.25, 0.3) is 5.69 Å². The van der Waals surface area contributed by atoms with Gasteiger partial charge in [-0.3, -0.25) is 10.1 Å². The van der Waals surface area contributed by atoms with Crippen LogP contribution in [0.5, 0.6) is 11.5 Å². The van der Waals surface area contributed by atoms with Crippen LogP contribution in [-0.4, -0.2) is 30.3 Å². The van der Waals surface area contributed by atoms with Gasteiger partial charge < -0.3 is 18.7 Å². The van der Waals surface area contributed by atoms with E-state index in [-0.39, 0.29) is 23.7 Å². The highest BCUT2D eigenvalue weighted by Gasteiger charge is 2.26. The first-order valence-electron chi connectivity index (χ1n) is 6.88. The first-order chi connectivity index (χ1) is 11.4. The maximum atomic E-state index is 12.3. The molecule has 0 radical (unpaired) electrons. The van der Waals surface area contributed by atoms with Crippen molar-refractivity contribution in [3.8, 4) is 11.5 Å². The average molecular weight is 336 g/mol. The van der Waals surface area contributed by atoms with E-state index in [9.17, 15) is 14.9 Å². The van der Waals surface area contributed by atoms with Crippen molar-refractivity contribution < 1.29 is 28.5 Å². The van der Waals surface area contributed by atoms with Crippen molar-refractivity contribution >= 4 is 11.7 Å². The van der Waals surface area contributed by atoms with E-state index in [2.05, 4.69) is 5.16 Å². The lowest BCUT2D eigenvalue weighted by Gasteiger charge is -2.10. The summed E-state index contributed by atoms with van der Waals surface area (Å²) in [6.45, 7) is 3.28. The Bertz CT molecular complexity index is 763. The van der Waals surface area contributed by atoms with Gasteiger partial charge in [-0.25, -0.2) is 4.79 Å². The summed E-state index contributed by atoms with van der Waals surface area (Å²) in [5.41, 5.74) is 0.536. The average Bonchev–Trinajstić information content (AvgIpc) is 2.89. The zero-order valence-corrected chi connectivity index (χ0v) is 13.6. The Kier molecular flexibility index (Phi) is 5.02. The van der Waals surface area contributed by atoms with Crippen LogP contribution in [0, 0.1) is 24.0 Å². The number of esters is 1. The maximum absolute atomic E-state index is 12.3. The van der Waals surface area contributed by atoms with Crippen LogP contribution in [-0.2, 0) is 11.3 Å². The quantitative estimate of drug-likeness (QED) is 0.449. The molecule has 9 heteroatoms. The molecule has 0 spiro atoms. The third-order valence-corrected chi connectivity index (χ3v) is 3.45. The van der Waals surface area contributed by atoms with Gasteiger partial charge in [-0.2, -0.15) is 0 Å². The summed E-state index contributed by atoms with van der Waals surface area (Å²) in [7, 11) is 2.71. The number of aromatic nitrogens is 1. The van der Waals surface area contributed by atoms with Crippen LogP contribution in [0.3, 0.4) is 0 Å². The predicted octanol–water partition coefficient (Wildman–Crippen LogP) is 2.57. The van der Waals surface area contributed by atoms with E-state index >= 15 is 0 Å². The van der Waals surface area contributed by atoms with Gasteiger partial charge in [-0.1, -0.05) is 5.16 Å².